The van der Waals surface area contributed by atoms with Gasteiger partial charge in [0.15, 0.2) is 0 Å². The Morgan fingerprint density at radius 2 is 1.75 bits per heavy atom. The number of carboxylic acids is 1. The summed E-state index contributed by atoms with van der Waals surface area (Å²) in [6, 6.07) is -3.23. The van der Waals surface area contributed by atoms with Crippen molar-refractivity contribution >= 4 is 35.9 Å². The molecule has 2 aliphatic heterocycles. The molecule has 0 radical (unpaired) electrons. The first kappa shape index (κ1) is 23.7. The van der Waals surface area contributed by atoms with Crippen LogP contribution in [0, 0.1) is 5.92 Å². The standard InChI is InChI=1S/C21H30N4O7/c26-12-14(11-18(28)29)22-20(31)16-7-4-10-24-17(27)9-8-15(21(32)25(16)24)23-19(30)13-5-2-1-3-6-13/h12-16H,1-11H2,(H,22,31)(H,23,30)(H,28,29). The van der Waals surface area contributed by atoms with Crippen LogP contribution >= 0.6 is 0 Å². The predicted molar refractivity (Wildman–Crippen MR) is 110 cm³/mol. The molecule has 3 fully saturated rings. The highest BCUT2D eigenvalue weighted by Gasteiger charge is 2.45. The zero-order valence-electron chi connectivity index (χ0n) is 18.0. The number of nitrogens with one attached hydrogen (secondary N) is 2. The zero-order valence-corrected chi connectivity index (χ0v) is 18.0. The summed E-state index contributed by atoms with van der Waals surface area (Å²) in [5.74, 6) is -3.17. The SMILES string of the molecule is O=CC(CC(=O)O)NC(=O)C1CCCN2C(=O)CCC(NC(=O)C3CCCCC3)C(=O)N12. The minimum atomic E-state index is -1.25. The molecule has 1 aliphatic carbocycles. The van der Waals surface area contributed by atoms with Crippen molar-refractivity contribution in [3.8, 4) is 0 Å². The average molecular weight is 450 g/mol. The number of aldehydes is 1. The molecule has 1 saturated carbocycles. The van der Waals surface area contributed by atoms with Crippen LogP contribution in [0.3, 0.4) is 0 Å². The van der Waals surface area contributed by atoms with Gasteiger partial charge in [0, 0.05) is 18.9 Å². The molecule has 3 aliphatic rings. The fourth-order valence-corrected chi connectivity index (χ4v) is 4.66. The second-order valence-electron chi connectivity index (χ2n) is 8.64. The van der Waals surface area contributed by atoms with Crippen LogP contribution in [-0.4, -0.2) is 75.7 Å². The number of fused-ring (bicyclic) bond motifs is 1. The molecule has 11 heteroatoms. The molecule has 3 rings (SSSR count). The van der Waals surface area contributed by atoms with E-state index >= 15 is 0 Å². The lowest BCUT2D eigenvalue weighted by Gasteiger charge is -2.43. The Bertz CT molecular complexity index is 780. The average Bonchev–Trinajstić information content (AvgIpc) is 2.90. The largest absolute Gasteiger partial charge is 0.481 e. The van der Waals surface area contributed by atoms with Crippen molar-refractivity contribution in [2.24, 2.45) is 5.92 Å². The lowest BCUT2D eigenvalue weighted by Crippen LogP contribution is -2.64. The van der Waals surface area contributed by atoms with Crippen LogP contribution in [0.5, 0.6) is 0 Å². The van der Waals surface area contributed by atoms with Crippen LogP contribution in [0.15, 0.2) is 0 Å². The van der Waals surface area contributed by atoms with E-state index in [4.69, 9.17) is 5.11 Å². The zero-order chi connectivity index (χ0) is 23.3. The summed E-state index contributed by atoms with van der Waals surface area (Å²) in [7, 11) is 0. The van der Waals surface area contributed by atoms with Crippen molar-refractivity contribution in [3.63, 3.8) is 0 Å². The number of carbonyl (C=O) groups excluding carboxylic acids is 5. The van der Waals surface area contributed by atoms with Crippen molar-refractivity contribution in [2.75, 3.05) is 6.54 Å². The Labute approximate surface area is 185 Å². The summed E-state index contributed by atoms with van der Waals surface area (Å²) in [5.41, 5.74) is 0. The number of rotatable bonds is 7. The van der Waals surface area contributed by atoms with Gasteiger partial charge in [-0.15, -0.1) is 0 Å². The number of hydrogen-bond acceptors (Lipinski definition) is 6. The summed E-state index contributed by atoms with van der Waals surface area (Å²) >= 11 is 0. The molecule has 2 heterocycles. The van der Waals surface area contributed by atoms with Gasteiger partial charge in [0.25, 0.3) is 5.91 Å². The van der Waals surface area contributed by atoms with Crippen molar-refractivity contribution in [1.29, 1.82) is 0 Å². The van der Waals surface area contributed by atoms with Crippen molar-refractivity contribution in [1.82, 2.24) is 20.7 Å². The van der Waals surface area contributed by atoms with Crippen LogP contribution < -0.4 is 10.6 Å². The molecular formula is C21H30N4O7. The summed E-state index contributed by atoms with van der Waals surface area (Å²) in [6.45, 7) is 0.268. The monoisotopic (exact) mass is 450 g/mol. The molecule has 0 aromatic heterocycles. The fraction of sp³-hybridized carbons (Fsp3) is 0.714. The summed E-state index contributed by atoms with van der Waals surface area (Å²) < 4.78 is 0. The number of hydrazine groups is 1. The topological polar surface area (TPSA) is 153 Å². The van der Waals surface area contributed by atoms with E-state index in [2.05, 4.69) is 10.6 Å². The summed E-state index contributed by atoms with van der Waals surface area (Å²) in [4.78, 5) is 73.7. The molecule has 4 amide bonds. The van der Waals surface area contributed by atoms with E-state index in [9.17, 15) is 28.8 Å². The number of amides is 4. The predicted octanol–water partition coefficient (Wildman–Crippen LogP) is -0.262. The van der Waals surface area contributed by atoms with Gasteiger partial charge in [0.2, 0.25) is 17.7 Å². The van der Waals surface area contributed by atoms with Gasteiger partial charge in [-0.1, -0.05) is 19.3 Å². The maximum absolute atomic E-state index is 13.4. The fourth-order valence-electron chi connectivity index (χ4n) is 4.66. The molecule has 3 N–H and O–H groups in total. The molecule has 11 nitrogen and oxygen atoms in total. The Morgan fingerprint density at radius 3 is 2.41 bits per heavy atom. The molecule has 0 aromatic carbocycles. The Balaban J connectivity index is 1.76. The van der Waals surface area contributed by atoms with Gasteiger partial charge in [-0.3, -0.25) is 29.0 Å². The van der Waals surface area contributed by atoms with E-state index in [1.54, 1.807) is 0 Å². The van der Waals surface area contributed by atoms with E-state index in [-0.39, 0.29) is 43.5 Å². The molecule has 0 spiro atoms. The molecule has 2 saturated heterocycles. The van der Waals surface area contributed by atoms with E-state index in [1.165, 1.54) is 5.01 Å². The first-order valence-electron chi connectivity index (χ1n) is 11.2. The summed E-state index contributed by atoms with van der Waals surface area (Å²) in [6.07, 6.45) is 5.22. The maximum Gasteiger partial charge on any atom is 0.305 e. The molecular weight excluding hydrogens is 420 g/mol. The van der Waals surface area contributed by atoms with Gasteiger partial charge in [0.05, 0.1) is 12.5 Å². The van der Waals surface area contributed by atoms with Gasteiger partial charge in [-0.05, 0) is 32.1 Å². The van der Waals surface area contributed by atoms with Crippen molar-refractivity contribution in [3.05, 3.63) is 0 Å². The van der Waals surface area contributed by atoms with E-state index < -0.39 is 42.3 Å². The number of aliphatic carboxylic acids is 1. The van der Waals surface area contributed by atoms with Gasteiger partial charge in [-0.25, -0.2) is 5.01 Å². The minimum Gasteiger partial charge on any atom is -0.481 e. The smallest absolute Gasteiger partial charge is 0.305 e. The number of carboxylic acid groups (broad SMARTS) is 1. The second kappa shape index (κ2) is 10.6. The van der Waals surface area contributed by atoms with Crippen LogP contribution in [-0.2, 0) is 28.8 Å². The van der Waals surface area contributed by atoms with Gasteiger partial charge in [-0.2, -0.15) is 0 Å². The Kier molecular flexibility index (Phi) is 7.81. The molecule has 3 unspecified atom stereocenters. The van der Waals surface area contributed by atoms with Crippen LogP contribution in [0.25, 0.3) is 0 Å². The minimum absolute atomic E-state index is 0.0577. The normalized spacial score (nSPS) is 25.4. The lowest BCUT2D eigenvalue weighted by atomic mass is 9.88. The van der Waals surface area contributed by atoms with Crippen molar-refractivity contribution < 1.29 is 33.9 Å². The van der Waals surface area contributed by atoms with E-state index in [0.717, 1.165) is 37.1 Å². The quantitative estimate of drug-likeness (QED) is 0.452. The first-order valence-corrected chi connectivity index (χ1v) is 11.2. The van der Waals surface area contributed by atoms with Crippen LogP contribution in [0.4, 0.5) is 0 Å². The number of carbonyl (C=O) groups is 6. The van der Waals surface area contributed by atoms with E-state index in [1.807, 2.05) is 0 Å². The molecule has 176 valence electrons. The molecule has 0 aromatic rings. The number of nitrogens with zero attached hydrogens (tertiary/aromatic N) is 2. The third kappa shape index (κ3) is 5.43. The van der Waals surface area contributed by atoms with Crippen LogP contribution in [0.1, 0.15) is 64.2 Å². The first-order chi connectivity index (χ1) is 15.3. The summed E-state index contributed by atoms with van der Waals surface area (Å²) in [5, 5.41) is 16.4. The van der Waals surface area contributed by atoms with Gasteiger partial charge < -0.3 is 20.5 Å². The third-order valence-corrected chi connectivity index (χ3v) is 6.34. The number of hydrogen-bond donors (Lipinski definition) is 3. The van der Waals surface area contributed by atoms with Crippen LogP contribution in [0.2, 0.25) is 0 Å². The van der Waals surface area contributed by atoms with E-state index in [0.29, 0.717) is 12.7 Å². The molecule has 0 bridgehead atoms. The van der Waals surface area contributed by atoms with Gasteiger partial charge >= 0.3 is 5.97 Å². The maximum atomic E-state index is 13.4. The highest BCUT2D eigenvalue weighted by Crippen LogP contribution is 2.27. The van der Waals surface area contributed by atoms with Crippen molar-refractivity contribution in [2.45, 2.75) is 82.3 Å². The lowest BCUT2D eigenvalue weighted by molar-refractivity contribution is -0.176. The second-order valence-corrected chi connectivity index (χ2v) is 8.64. The van der Waals surface area contributed by atoms with Gasteiger partial charge in [0.1, 0.15) is 18.4 Å². The third-order valence-electron chi connectivity index (χ3n) is 6.34. The molecule has 32 heavy (non-hydrogen) atoms. The Hall–Kier alpha value is -2.98. The Morgan fingerprint density at radius 1 is 1.03 bits per heavy atom. The molecule has 3 atom stereocenters. The highest BCUT2D eigenvalue weighted by molar-refractivity contribution is 5.96. The highest BCUT2D eigenvalue weighted by atomic mass is 16.4.